The Labute approximate surface area is 162 Å². The summed E-state index contributed by atoms with van der Waals surface area (Å²) in [5, 5.41) is 15.2. The second-order valence-corrected chi connectivity index (χ2v) is 6.67. The first-order valence-electron chi connectivity index (χ1n) is 9.17. The molecule has 146 valence electrons. The third kappa shape index (κ3) is 3.48. The van der Waals surface area contributed by atoms with Crippen LogP contribution in [0.5, 0.6) is 0 Å². The molecule has 1 saturated heterocycles. The lowest BCUT2D eigenvalue weighted by molar-refractivity contribution is 0.0936. The molecule has 1 aromatic carbocycles. The zero-order valence-electron chi connectivity index (χ0n) is 15.8. The van der Waals surface area contributed by atoms with Gasteiger partial charge in [0.15, 0.2) is 17.4 Å². The molecule has 0 saturated carbocycles. The molecule has 1 aliphatic heterocycles. The minimum Gasteiger partial charge on any atom is -0.378 e. The van der Waals surface area contributed by atoms with Crippen molar-refractivity contribution < 1.29 is 14.1 Å². The summed E-state index contributed by atoms with van der Waals surface area (Å²) in [7, 11) is 1.84. The van der Waals surface area contributed by atoms with Crippen molar-refractivity contribution in [1.29, 1.82) is 0 Å². The number of carbonyl (C=O) groups excluding carboxylic acids is 1. The third-order valence-electron chi connectivity index (χ3n) is 4.73. The van der Waals surface area contributed by atoms with E-state index in [4.69, 9.17) is 9.26 Å². The number of benzene rings is 1. The topological polar surface area (TPSA) is 98.3 Å². The Hall–Kier alpha value is -3.20. The van der Waals surface area contributed by atoms with E-state index in [0.29, 0.717) is 49.3 Å². The lowest BCUT2D eigenvalue weighted by atomic mass is 10.1. The van der Waals surface area contributed by atoms with Gasteiger partial charge in [-0.05, 0) is 6.92 Å². The molecule has 0 spiro atoms. The molecule has 3 aromatic rings. The van der Waals surface area contributed by atoms with E-state index >= 15 is 0 Å². The standard InChI is InChI=1S/C19H22N6O3/c1-13(17-22-20-12-24(17)2)21-19(26)15-16(14-6-4-3-5-7-14)28-23-18(15)25-8-10-27-11-9-25/h3-7,12-13H,8-11H2,1-2H3,(H,21,26). The lowest BCUT2D eigenvalue weighted by Gasteiger charge is -2.27. The largest absolute Gasteiger partial charge is 0.378 e. The van der Waals surface area contributed by atoms with Crippen LogP contribution in [0.3, 0.4) is 0 Å². The SMILES string of the molecule is CC(NC(=O)c1c(N2CCOCC2)noc1-c1ccccc1)c1nncn1C. The van der Waals surface area contributed by atoms with Crippen molar-refractivity contribution in [2.45, 2.75) is 13.0 Å². The van der Waals surface area contributed by atoms with E-state index in [2.05, 4.69) is 20.7 Å². The van der Waals surface area contributed by atoms with Crippen molar-refractivity contribution in [3.05, 3.63) is 48.0 Å². The highest BCUT2D eigenvalue weighted by Gasteiger charge is 2.30. The van der Waals surface area contributed by atoms with Crippen LogP contribution in [0, 0.1) is 0 Å². The summed E-state index contributed by atoms with van der Waals surface area (Å²) in [5.41, 5.74) is 1.22. The van der Waals surface area contributed by atoms with Gasteiger partial charge in [0.25, 0.3) is 5.91 Å². The summed E-state index contributed by atoms with van der Waals surface area (Å²) in [4.78, 5) is 15.3. The number of hydrogen-bond donors (Lipinski definition) is 1. The Morgan fingerprint density at radius 3 is 2.64 bits per heavy atom. The molecule has 1 fully saturated rings. The van der Waals surface area contributed by atoms with Crippen molar-refractivity contribution in [3.63, 3.8) is 0 Å². The maximum Gasteiger partial charge on any atom is 0.259 e. The van der Waals surface area contributed by atoms with Crippen LogP contribution in [-0.2, 0) is 11.8 Å². The van der Waals surface area contributed by atoms with Gasteiger partial charge in [-0.1, -0.05) is 35.5 Å². The van der Waals surface area contributed by atoms with E-state index in [0.717, 1.165) is 5.56 Å². The molecule has 1 unspecified atom stereocenters. The van der Waals surface area contributed by atoms with Gasteiger partial charge in [0.1, 0.15) is 11.9 Å². The molecule has 9 nitrogen and oxygen atoms in total. The molecule has 9 heteroatoms. The number of anilines is 1. The van der Waals surface area contributed by atoms with Gasteiger partial charge in [-0.3, -0.25) is 4.79 Å². The first-order chi connectivity index (χ1) is 13.6. The van der Waals surface area contributed by atoms with Crippen LogP contribution < -0.4 is 10.2 Å². The molecule has 28 heavy (non-hydrogen) atoms. The van der Waals surface area contributed by atoms with Gasteiger partial charge in [0, 0.05) is 25.7 Å². The van der Waals surface area contributed by atoms with Gasteiger partial charge in [-0.25, -0.2) is 0 Å². The fourth-order valence-corrected chi connectivity index (χ4v) is 3.28. The molecule has 0 bridgehead atoms. The molecule has 3 heterocycles. The third-order valence-corrected chi connectivity index (χ3v) is 4.73. The summed E-state index contributed by atoms with van der Waals surface area (Å²) >= 11 is 0. The number of aryl methyl sites for hydroxylation is 1. The Morgan fingerprint density at radius 2 is 1.96 bits per heavy atom. The highest BCUT2D eigenvalue weighted by molar-refractivity contribution is 6.04. The van der Waals surface area contributed by atoms with Gasteiger partial charge in [0.05, 0.1) is 19.3 Å². The Balaban J connectivity index is 1.69. The number of amides is 1. The van der Waals surface area contributed by atoms with Gasteiger partial charge < -0.3 is 24.0 Å². The van der Waals surface area contributed by atoms with Gasteiger partial charge in [-0.2, -0.15) is 0 Å². The molecule has 1 amide bonds. The summed E-state index contributed by atoms with van der Waals surface area (Å²) < 4.78 is 12.8. The van der Waals surface area contributed by atoms with E-state index in [1.165, 1.54) is 0 Å². The Morgan fingerprint density at radius 1 is 1.21 bits per heavy atom. The van der Waals surface area contributed by atoms with Crippen molar-refractivity contribution in [1.82, 2.24) is 25.2 Å². The van der Waals surface area contributed by atoms with Gasteiger partial charge in [0.2, 0.25) is 0 Å². The minimum atomic E-state index is -0.323. The smallest absolute Gasteiger partial charge is 0.259 e. The van der Waals surface area contributed by atoms with Crippen LogP contribution in [0.1, 0.15) is 29.1 Å². The van der Waals surface area contributed by atoms with E-state index in [1.54, 1.807) is 10.9 Å². The summed E-state index contributed by atoms with van der Waals surface area (Å²) in [6.07, 6.45) is 1.60. The highest BCUT2D eigenvalue weighted by atomic mass is 16.5. The number of aromatic nitrogens is 4. The predicted octanol–water partition coefficient (Wildman–Crippen LogP) is 1.80. The van der Waals surface area contributed by atoms with Crippen molar-refractivity contribution in [2.24, 2.45) is 7.05 Å². The average Bonchev–Trinajstić information content (AvgIpc) is 3.36. The second-order valence-electron chi connectivity index (χ2n) is 6.67. The fraction of sp³-hybridized carbons (Fsp3) is 0.368. The van der Waals surface area contributed by atoms with Crippen molar-refractivity contribution >= 4 is 11.7 Å². The first-order valence-corrected chi connectivity index (χ1v) is 9.17. The Bertz CT molecular complexity index is 946. The fourth-order valence-electron chi connectivity index (χ4n) is 3.28. The molecule has 0 aliphatic carbocycles. The zero-order chi connectivity index (χ0) is 19.5. The molecule has 1 aliphatic rings. The number of carbonyl (C=O) groups is 1. The normalized spacial score (nSPS) is 15.4. The van der Waals surface area contributed by atoms with Crippen LogP contribution in [0.15, 0.2) is 41.2 Å². The molecule has 4 rings (SSSR count). The number of ether oxygens (including phenoxy) is 1. The molecule has 2 aromatic heterocycles. The maximum atomic E-state index is 13.3. The molecule has 0 radical (unpaired) electrons. The Kier molecular flexibility index (Phi) is 5.07. The van der Waals surface area contributed by atoms with Crippen LogP contribution in [0.4, 0.5) is 5.82 Å². The summed E-state index contributed by atoms with van der Waals surface area (Å²) in [6, 6.07) is 9.18. The number of hydrogen-bond acceptors (Lipinski definition) is 7. The molecular formula is C19H22N6O3. The molecule has 1 atom stereocenters. The zero-order valence-corrected chi connectivity index (χ0v) is 15.8. The monoisotopic (exact) mass is 382 g/mol. The quantitative estimate of drug-likeness (QED) is 0.718. The van der Waals surface area contributed by atoms with Crippen molar-refractivity contribution in [3.8, 4) is 11.3 Å². The van der Waals surface area contributed by atoms with Crippen molar-refractivity contribution in [2.75, 3.05) is 31.2 Å². The number of rotatable bonds is 5. The van der Waals surface area contributed by atoms with E-state index in [1.807, 2.05) is 49.2 Å². The molecular weight excluding hydrogens is 360 g/mol. The number of nitrogens with one attached hydrogen (secondary N) is 1. The molecule has 1 N–H and O–H groups in total. The number of nitrogens with zero attached hydrogens (tertiary/aromatic N) is 5. The maximum absolute atomic E-state index is 13.3. The second kappa shape index (κ2) is 7.81. The summed E-state index contributed by atoms with van der Waals surface area (Å²) in [6.45, 7) is 4.35. The highest BCUT2D eigenvalue weighted by Crippen LogP contribution is 2.32. The van der Waals surface area contributed by atoms with Crippen LogP contribution in [0.25, 0.3) is 11.3 Å². The number of morpholine rings is 1. The minimum absolute atomic E-state index is 0.267. The lowest BCUT2D eigenvalue weighted by Crippen LogP contribution is -2.38. The van der Waals surface area contributed by atoms with Crippen LogP contribution >= 0.6 is 0 Å². The van der Waals surface area contributed by atoms with E-state index in [-0.39, 0.29) is 11.9 Å². The predicted molar refractivity (Wildman–Crippen MR) is 102 cm³/mol. The first kappa shape index (κ1) is 18.2. The van der Waals surface area contributed by atoms with E-state index < -0.39 is 0 Å². The van der Waals surface area contributed by atoms with Crippen LogP contribution in [0.2, 0.25) is 0 Å². The van der Waals surface area contributed by atoms with Gasteiger partial charge in [-0.15, -0.1) is 10.2 Å². The average molecular weight is 382 g/mol. The summed E-state index contributed by atoms with van der Waals surface area (Å²) in [5.74, 6) is 1.38. The van der Waals surface area contributed by atoms with Gasteiger partial charge >= 0.3 is 0 Å². The van der Waals surface area contributed by atoms with Crippen LogP contribution in [-0.4, -0.2) is 52.1 Å². The van der Waals surface area contributed by atoms with E-state index in [9.17, 15) is 4.79 Å².